The lowest BCUT2D eigenvalue weighted by Crippen LogP contribution is -2.32. The van der Waals surface area contributed by atoms with Crippen molar-refractivity contribution in [3.05, 3.63) is 83.4 Å². The van der Waals surface area contributed by atoms with Gasteiger partial charge in [0.15, 0.2) is 5.82 Å². The second-order valence-electron chi connectivity index (χ2n) is 6.88. The number of nitrogens with zero attached hydrogens (tertiary/aromatic N) is 3. The van der Waals surface area contributed by atoms with Crippen molar-refractivity contribution in [1.82, 2.24) is 20.1 Å². The van der Waals surface area contributed by atoms with Crippen LogP contribution in [0.4, 0.5) is 0 Å². The SMILES string of the molecule is Cc1nnc(C(NC(=O)C2CC2c2ccccc2)c2ccccc2)n1C. The number of aryl methyl sites for hydroxylation is 1. The van der Waals surface area contributed by atoms with Gasteiger partial charge in [-0.2, -0.15) is 0 Å². The normalized spacial score (nSPS) is 19.8. The van der Waals surface area contributed by atoms with E-state index in [1.165, 1.54) is 5.56 Å². The molecule has 1 aliphatic rings. The maximum atomic E-state index is 12.9. The molecule has 0 aliphatic heterocycles. The molecule has 1 N–H and O–H groups in total. The average Bonchev–Trinajstić information content (AvgIpc) is 3.42. The van der Waals surface area contributed by atoms with Gasteiger partial charge in [0.1, 0.15) is 11.9 Å². The lowest BCUT2D eigenvalue weighted by molar-refractivity contribution is -0.123. The molecule has 3 unspecified atom stereocenters. The van der Waals surface area contributed by atoms with Crippen LogP contribution in [-0.4, -0.2) is 20.7 Å². The van der Waals surface area contributed by atoms with Crippen LogP contribution in [-0.2, 0) is 11.8 Å². The van der Waals surface area contributed by atoms with Gasteiger partial charge in [0.2, 0.25) is 5.91 Å². The second-order valence-corrected chi connectivity index (χ2v) is 6.88. The third-order valence-electron chi connectivity index (χ3n) is 5.16. The first kappa shape index (κ1) is 16.5. The van der Waals surface area contributed by atoms with E-state index in [1.807, 2.05) is 67.1 Å². The number of rotatable bonds is 5. The van der Waals surface area contributed by atoms with Crippen LogP contribution in [0.1, 0.15) is 41.2 Å². The maximum absolute atomic E-state index is 12.9. The molecule has 1 heterocycles. The summed E-state index contributed by atoms with van der Waals surface area (Å²) in [6.07, 6.45) is 0.898. The van der Waals surface area contributed by atoms with E-state index in [4.69, 9.17) is 0 Å². The second kappa shape index (κ2) is 6.75. The van der Waals surface area contributed by atoms with Gasteiger partial charge < -0.3 is 9.88 Å². The van der Waals surface area contributed by atoms with E-state index < -0.39 is 0 Å². The van der Waals surface area contributed by atoms with Crippen LogP contribution in [0.2, 0.25) is 0 Å². The molecule has 3 atom stereocenters. The number of aromatic nitrogens is 3. The Morgan fingerprint density at radius 2 is 1.73 bits per heavy atom. The van der Waals surface area contributed by atoms with Crippen molar-refractivity contribution in [3.63, 3.8) is 0 Å². The molecule has 0 bridgehead atoms. The molecule has 1 saturated carbocycles. The number of hydrogen-bond acceptors (Lipinski definition) is 3. The van der Waals surface area contributed by atoms with Gasteiger partial charge in [0, 0.05) is 13.0 Å². The van der Waals surface area contributed by atoms with Crippen LogP contribution in [0.15, 0.2) is 60.7 Å². The monoisotopic (exact) mass is 346 g/mol. The van der Waals surface area contributed by atoms with Crippen molar-refractivity contribution < 1.29 is 4.79 Å². The van der Waals surface area contributed by atoms with E-state index in [0.717, 1.165) is 23.6 Å². The molecule has 5 nitrogen and oxygen atoms in total. The standard InChI is InChI=1S/C21H22N4O/c1-14-23-24-20(25(14)2)19(16-11-7-4-8-12-16)22-21(26)18-13-17(18)15-9-5-3-6-10-15/h3-12,17-19H,13H2,1-2H3,(H,22,26). The van der Waals surface area contributed by atoms with Gasteiger partial charge in [-0.3, -0.25) is 4.79 Å². The van der Waals surface area contributed by atoms with Crippen molar-refractivity contribution >= 4 is 5.91 Å². The summed E-state index contributed by atoms with van der Waals surface area (Å²) in [6.45, 7) is 1.91. The molecule has 132 valence electrons. The van der Waals surface area contributed by atoms with Gasteiger partial charge in [-0.05, 0) is 30.4 Å². The van der Waals surface area contributed by atoms with Gasteiger partial charge >= 0.3 is 0 Å². The smallest absolute Gasteiger partial charge is 0.224 e. The minimum absolute atomic E-state index is 0.0259. The van der Waals surface area contributed by atoms with Crippen LogP contribution in [0, 0.1) is 12.8 Å². The van der Waals surface area contributed by atoms with Crippen molar-refractivity contribution in [2.75, 3.05) is 0 Å². The van der Waals surface area contributed by atoms with E-state index >= 15 is 0 Å². The summed E-state index contributed by atoms with van der Waals surface area (Å²) < 4.78 is 1.93. The highest BCUT2D eigenvalue weighted by Gasteiger charge is 2.44. The molecule has 5 heteroatoms. The zero-order chi connectivity index (χ0) is 18.1. The molecular weight excluding hydrogens is 324 g/mol. The lowest BCUT2D eigenvalue weighted by Gasteiger charge is -2.19. The fourth-order valence-electron chi connectivity index (χ4n) is 3.42. The molecule has 3 aromatic rings. The Morgan fingerprint density at radius 3 is 2.35 bits per heavy atom. The predicted molar refractivity (Wildman–Crippen MR) is 99.5 cm³/mol. The molecule has 1 aromatic heterocycles. The minimum Gasteiger partial charge on any atom is -0.342 e. The predicted octanol–water partition coefficient (Wildman–Crippen LogP) is 3.13. The first-order valence-electron chi connectivity index (χ1n) is 8.91. The van der Waals surface area contributed by atoms with E-state index in [2.05, 4.69) is 27.6 Å². The molecule has 26 heavy (non-hydrogen) atoms. The molecule has 0 radical (unpaired) electrons. The van der Waals surface area contributed by atoms with Crippen LogP contribution in [0.3, 0.4) is 0 Å². The Hall–Kier alpha value is -2.95. The van der Waals surface area contributed by atoms with Crippen molar-refractivity contribution in [1.29, 1.82) is 0 Å². The lowest BCUT2D eigenvalue weighted by atomic mass is 10.1. The summed E-state index contributed by atoms with van der Waals surface area (Å²) >= 11 is 0. The van der Waals surface area contributed by atoms with E-state index in [9.17, 15) is 4.79 Å². The molecule has 1 aliphatic carbocycles. The summed E-state index contributed by atoms with van der Waals surface area (Å²) in [5, 5.41) is 11.7. The third-order valence-corrected chi connectivity index (χ3v) is 5.16. The zero-order valence-electron chi connectivity index (χ0n) is 15.0. The zero-order valence-corrected chi connectivity index (χ0v) is 15.0. The molecule has 4 rings (SSSR count). The molecule has 0 saturated heterocycles. The summed E-state index contributed by atoms with van der Waals surface area (Å²) in [7, 11) is 1.93. The van der Waals surface area contributed by atoms with Gasteiger partial charge in [-0.1, -0.05) is 60.7 Å². The van der Waals surface area contributed by atoms with Crippen LogP contribution >= 0.6 is 0 Å². The highest BCUT2D eigenvalue weighted by atomic mass is 16.2. The fraction of sp³-hybridized carbons (Fsp3) is 0.286. The third kappa shape index (κ3) is 3.12. The van der Waals surface area contributed by atoms with Crippen LogP contribution < -0.4 is 5.32 Å². The number of benzene rings is 2. The molecule has 1 amide bonds. The largest absolute Gasteiger partial charge is 0.342 e. The first-order valence-corrected chi connectivity index (χ1v) is 8.91. The first-order chi connectivity index (χ1) is 12.6. The Morgan fingerprint density at radius 1 is 1.08 bits per heavy atom. The fourth-order valence-corrected chi connectivity index (χ4v) is 3.42. The highest BCUT2D eigenvalue weighted by molar-refractivity contribution is 5.83. The molecule has 0 spiro atoms. The Bertz CT molecular complexity index is 904. The summed E-state index contributed by atoms with van der Waals surface area (Å²) in [4.78, 5) is 12.9. The van der Waals surface area contributed by atoms with E-state index in [1.54, 1.807) is 0 Å². The van der Waals surface area contributed by atoms with E-state index in [0.29, 0.717) is 5.92 Å². The maximum Gasteiger partial charge on any atom is 0.224 e. The highest BCUT2D eigenvalue weighted by Crippen LogP contribution is 2.47. The number of nitrogens with one attached hydrogen (secondary N) is 1. The Kier molecular flexibility index (Phi) is 4.29. The van der Waals surface area contributed by atoms with Gasteiger partial charge in [0.05, 0.1) is 0 Å². The number of amides is 1. The average molecular weight is 346 g/mol. The summed E-state index contributed by atoms with van der Waals surface area (Å²) in [5.41, 5.74) is 2.24. The molecule has 2 aromatic carbocycles. The van der Waals surface area contributed by atoms with Crippen molar-refractivity contribution in [2.24, 2.45) is 13.0 Å². The van der Waals surface area contributed by atoms with Crippen molar-refractivity contribution in [2.45, 2.75) is 25.3 Å². The van der Waals surface area contributed by atoms with Crippen LogP contribution in [0.5, 0.6) is 0 Å². The Balaban J connectivity index is 1.56. The summed E-state index contributed by atoms with van der Waals surface area (Å²) in [5.74, 6) is 1.99. The quantitative estimate of drug-likeness (QED) is 0.772. The summed E-state index contributed by atoms with van der Waals surface area (Å²) in [6, 6.07) is 19.9. The number of hydrogen-bond donors (Lipinski definition) is 1. The number of carbonyl (C=O) groups excluding carboxylic acids is 1. The number of carbonyl (C=O) groups is 1. The van der Waals surface area contributed by atoms with Gasteiger partial charge in [-0.25, -0.2) is 0 Å². The van der Waals surface area contributed by atoms with Crippen LogP contribution in [0.25, 0.3) is 0 Å². The van der Waals surface area contributed by atoms with Gasteiger partial charge in [-0.15, -0.1) is 10.2 Å². The topological polar surface area (TPSA) is 59.8 Å². The molecule has 1 fully saturated rings. The van der Waals surface area contributed by atoms with E-state index in [-0.39, 0.29) is 17.9 Å². The van der Waals surface area contributed by atoms with Crippen molar-refractivity contribution in [3.8, 4) is 0 Å². The Labute approximate surface area is 153 Å². The minimum atomic E-state index is -0.299. The molecular formula is C21H22N4O. The van der Waals surface area contributed by atoms with Gasteiger partial charge in [0.25, 0.3) is 0 Å².